The van der Waals surface area contributed by atoms with E-state index in [1.165, 1.54) is 11.3 Å². The molecule has 1 aromatic carbocycles. The minimum absolute atomic E-state index is 0.0515. The SMILES string of the molecule is O=C(O)Cc1csc(-c2ccc3ccccc3n2)n1. The van der Waals surface area contributed by atoms with Crippen molar-refractivity contribution in [1.82, 2.24) is 9.97 Å². The molecular weight excluding hydrogens is 260 g/mol. The third kappa shape index (κ3) is 2.46. The molecule has 0 aliphatic heterocycles. The molecule has 1 N–H and O–H groups in total. The van der Waals surface area contributed by atoms with Gasteiger partial charge in [-0.1, -0.05) is 24.3 Å². The third-order valence-corrected chi connectivity index (χ3v) is 3.62. The lowest BCUT2D eigenvalue weighted by molar-refractivity contribution is -0.136. The molecule has 5 heteroatoms. The summed E-state index contributed by atoms with van der Waals surface area (Å²) in [5, 5.41) is 12.3. The topological polar surface area (TPSA) is 63.1 Å². The van der Waals surface area contributed by atoms with Crippen molar-refractivity contribution in [2.45, 2.75) is 6.42 Å². The lowest BCUT2D eigenvalue weighted by atomic mass is 10.2. The second-order valence-electron chi connectivity index (χ2n) is 4.10. The smallest absolute Gasteiger partial charge is 0.309 e. The maximum Gasteiger partial charge on any atom is 0.309 e. The number of pyridine rings is 1. The van der Waals surface area contributed by atoms with E-state index in [2.05, 4.69) is 9.97 Å². The summed E-state index contributed by atoms with van der Waals surface area (Å²) in [7, 11) is 0. The van der Waals surface area contributed by atoms with Gasteiger partial charge in [0.1, 0.15) is 5.01 Å². The van der Waals surface area contributed by atoms with Gasteiger partial charge in [0.2, 0.25) is 0 Å². The van der Waals surface area contributed by atoms with Crippen molar-refractivity contribution in [3.05, 3.63) is 47.5 Å². The number of carboxylic acids is 1. The number of thiazole rings is 1. The molecule has 2 heterocycles. The minimum Gasteiger partial charge on any atom is -0.481 e. The van der Waals surface area contributed by atoms with E-state index in [1.54, 1.807) is 5.38 Å². The van der Waals surface area contributed by atoms with Crippen molar-refractivity contribution in [2.75, 3.05) is 0 Å². The van der Waals surface area contributed by atoms with Crippen LogP contribution in [0.25, 0.3) is 21.6 Å². The number of fused-ring (bicyclic) bond motifs is 1. The number of para-hydroxylation sites is 1. The number of aromatic nitrogens is 2. The van der Waals surface area contributed by atoms with Gasteiger partial charge in [-0.05, 0) is 12.1 Å². The fourth-order valence-electron chi connectivity index (χ4n) is 1.85. The summed E-state index contributed by atoms with van der Waals surface area (Å²) in [6.45, 7) is 0. The highest BCUT2D eigenvalue weighted by Gasteiger charge is 2.09. The van der Waals surface area contributed by atoms with Crippen molar-refractivity contribution in [3.63, 3.8) is 0 Å². The van der Waals surface area contributed by atoms with E-state index in [9.17, 15) is 4.79 Å². The van der Waals surface area contributed by atoms with Crippen LogP contribution in [-0.4, -0.2) is 21.0 Å². The fraction of sp³-hybridized carbons (Fsp3) is 0.0714. The van der Waals surface area contributed by atoms with Crippen LogP contribution in [0.15, 0.2) is 41.8 Å². The summed E-state index contributed by atoms with van der Waals surface area (Å²) in [5.74, 6) is -0.872. The second-order valence-corrected chi connectivity index (χ2v) is 4.96. The molecule has 0 atom stereocenters. The van der Waals surface area contributed by atoms with Gasteiger partial charge in [0, 0.05) is 10.8 Å². The molecular formula is C14H10N2O2S. The molecule has 0 aliphatic rings. The lowest BCUT2D eigenvalue weighted by Crippen LogP contribution is -1.99. The number of hydrogen-bond donors (Lipinski definition) is 1. The van der Waals surface area contributed by atoms with Crippen LogP contribution < -0.4 is 0 Å². The first-order valence-electron chi connectivity index (χ1n) is 5.75. The first-order chi connectivity index (χ1) is 9.22. The summed E-state index contributed by atoms with van der Waals surface area (Å²) < 4.78 is 0. The summed E-state index contributed by atoms with van der Waals surface area (Å²) in [6.07, 6.45) is -0.0515. The molecule has 4 nitrogen and oxygen atoms in total. The molecule has 94 valence electrons. The van der Waals surface area contributed by atoms with Crippen LogP contribution in [0.3, 0.4) is 0 Å². The Bertz CT molecular complexity index is 752. The Kier molecular flexibility index (Phi) is 2.97. The molecule has 19 heavy (non-hydrogen) atoms. The Morgan fingerprint density at radius 3 is 2.84 bits per heavy atom. The van der Waals surface area contributed by atoms with Gasteiger partial charge in [0.25, 0.3) is 0 Å². The molecule has 0 spiro atoms. The molecule has 0 unspecified atom stereocenters. The maximum absolute atomic E-state index is 10.6. The van der Waals surface area contributed by atoms with E-state index >= 15 is 0 Å². The van der Waals surface area contributed by atoms with E-state index in [0.717, 1.165) is 21.6 Å². The van der Waals surface area contributed by atoms with E-state index in [-0.39, 0.29) is 6.42 Å². The van der Waals surface area contributed by atoms with Crippen molar-refractivity contribution in [2.24, 2.45) is 0 Å². The number of benzene rings is 1. The first-order valence-corrected chi connectivity index (χ1v) is 6.63. The molecule has 0 fully saturated rings. The Labute approximate surface area is 113 Å². The highest BCUT2D eigenvalue weighted by atomic mass is 32.1. The normalized spacial score (nSPS) is 10.7. The molecule has 0 aliphatic carbocycles. The monoisotopic (exact) mass is 270 g/mol. The zero-order valence-electron chi connectivity index (χ0n) is 9.91. The van der Waals surface area contributed by atoms with Crippen molar-refractivity contribution in [3.8, 4) is 10.7 Å². The van der Waals surface area contributed by atoms with Gasteiger partial charge in [-0.25, -0.2) is 9.97 Å². The Morgan fingerprint density at radius 1 is 1.16 bits per heavy atom. The highest BCUT2D eigenvalue weighted by Crippen LogP contribution is 2.24. The van der Waals surface area contributed by atoms with Crippen LogP contribution in [0.5, 0.6) is 0 Å². The number of hydrogen-bond acceptors (Lipinski definition) is 4. The van der Waals surface area contributed by atoms with Crippen LogP contribution in [0.1, 0.15) is 5.69 Å². The van der Waals surface area contributed by atoms with Crippen LogP contribution in [0.4, 0.5) is 0 Å². The predicted molar refractivity (Wildman–Crippen MR) is 74.2 cm³/mol. The van der Waals surface area contributed by atoms with Gasteiger partial charge in [-0.15, -0.1) is 11.3 Å². The number of carboxylic acid groups (broad SMARTS) is 1. The van der Waals surface area contributed by atoms with E-state index in [1.807, 2.05) is 36.4 Å². The Hall–Kier alpha value is -2.27. The lowest BCUT2D eigenvalue weighted by Gasteiger charge is -1.99. The van der Waals surface area contributed by atoms with Gasteiger partial charge < -0.3 is 5.11 Å². The van der Waals surface area contributed by atoms with E-state index in [0.29, 0.717) is 5.69 Å². The van der Waals surface area contributed by atoms with Gasteiger partial charge >= 0.3 is 5.97 Å². The summed E-state index contributed by atoms with van der Waals surface area (Å²) in [6, 6.07) is 11.8. The minimum atomic E-state index is -0.872. The number of aliphatic carboxylic acids is 1. The average Bonchev–Trinajstić information content (AvgIpc) is 2.86. The highest BCUT2D eigenvalue weighted by molar-refractivity contribution is 7.13. The second kappa shape index (κ2) is 4.78. The predicted octanol–water partition coefficient (Wildman–Crippen LogP) is 2.99. The number of nitrogens with zero attached hydrogens (tertiary/aromatic N) is 2. The maximum atomic E-state index is 10.6. The van der Waals surface area contributed by atoms with Crippen molar-refractivity contribution in [1.29, 1.82) is 0 Å². The number of rotatable bonds is 3. The van der Waals surface area contributed by atoms with Crippen LogP contribution in [-0.2, 0) is 11.2 Å². The molecule has 2 aromatic heterocycles. The fourth-order valence-corrected chi connectivity index (χ4v) is 2.63. The van der Waals surface area contributed by atoms with Gasteiger partial charge in [-0.3, -0.25) is 4.79 Å². The van der Waals surface area contributed by atoms with Gasteiger partial charge in [0.15, 0.2) is 0 Å². The van der Waals surface area contributed by atoms with Crippen LogP contribution >= 0.6 is 11.3 Å². The zero-order valence-corrected chi connectivity index (χ0v) is 10.7. The summed E-state index contributed by atoms with van der Waals surface area (Å²) in [5.41, 5.74) is 2.26. The molecule has 3 aromatic rings. The van der Waals surface area contributed by atoms with Gasteiger partial charge in [-0.2, -0.15) is 0 Å². The first kappa shape index (κ1) is 11.8. The molecule has 3 rings (SSSR count). The standard InChI is InChI=1S/C14H10N2O2S/c17-13(18)7-10-8-19-14(15-10)12-6-5-9-3-1-2-4-11(9)16-12/h1-6,8H,7H2,(H,17,18). The van der Waals surface area contributed by atoms with Crippen molar-refractivity contribution < 1.29 is 9.90 Å². The zero-order chi connectivity index (χ0) is 13.2. The van der Waals surface area contributed by atoms with E-state index in [4.69, 9.17) is 5.11 Å². The van der Waals surface area contributed by atoms with Crippen LogP contribution in [0.2, 0.25) is 0 Å². The quantitative estimate of drug-likeness (QED) is 0.794. The molecule has 0 saturated carbocycles. The molecule has 0 saturated heterocycles. The Morgan fingerprint density at radius 2 is 2.00 bits per heavy atom. The molecule has 0 amide bonds. The van der Waals surface area contributed by atoms with E-state index < -0.39 is 5.97 Å². The average molecular weight is 270 g/mol. The Balaban J connectivity index is 1.99. The summed E-state index contributed by atoms with van der Waals surface area (Å²) in [4.78, 5) is 19.5. The summed E-state index contributed by atoms with van der Waals surface area (Å²) >= 11 is 1.42. The van der Waals surface area contributed by atoms with Crippen LogP contribution in [0, 0.1) is 0 Å². The molecule has 0 bridgehead atoms. The van der Waals surface area contributed by atoms with Crippen molar-refractivity contribution >= 4 is 28.2 Å². The largest absolute Gasteiger partial charge is 0.481 e. The van der Waals surface area contributed by atoms with Gasteiger partial charge in [0.05, 0.1) is 23.3 Å². The molecule has 0 radical (unpaired) electrons. The third-order valence-electron chi connectivity index (χ3n) is 2.70. The number of carbonyl (C=O) groups is 1.